The molecule has 0 aromatic heterocycles. The van der Waals surface area contributed by atoms with Crippen LogP contribution in [0.4, 0.5) is 21.5 Å². The molecule has 0 unspecified atom stereocenters. The number of hydrogen-bond acceptors (Lipinski definition) is 2. The van der Waals surface area contributed by atoms with E-state index in [-0.39, 0.29) is 5.82 Å². The second-order valence-electron chi connectivity index (χ2n) is 3.37. The van der Waals surface area contributed by atoms with E-state index in [0.29, 0.717) is 16.4 Å². The maximum atomic E-state index is 13.0. The van der Waals surface area contributed by atoms with E-state index in [1.165, 1.54) is 18.2 Å². The van der Waals surface area contributed by atoms with Gasteiger partial charge < -0.3 is 11.1 Å². The van der Waals surface area contributed by atoms with Crippen molar-refractivity contribution in [1.82, 2.24) is 0 Å². The van der Waals surface area contributed by atoms with Crippen LogP contribution in [0, 0.1) is 5.82 Å². The lowest BCUT2D eigenvalue weighted by molar-refractivity contribution is 0.628. The molecule has 3 N–H and O–H groups in total. The van der Waals surface area contributed by atoms with Crippen LogP contribution < -0.4 is 11.1 Å². The van der Waals surface area contributed by atoms with Gasteiger partial charge in [0.15, 0.2) is 0 Å². The smallest absolute Gasteiger partial charge is 0.125 e. The minimum absolute atomic E-state index is 0.337. The third-order valence-corrected chi connectivity index (χ3v) is 2.42. The molecule has 0 aliphatic rings. The number of anilines is 3. The van der Waals surface area contributed by atoms with Gasteiger partial charge >= 0.3 is 0 Å². The maximum Gasteiger partial charge on any atom is 0.125 e. The van der Waals surface area contributed by atoms with Gasteiger partial charge in [0.2, 0.25) is 0 Å². The molecule has 0 bridgehead atoms. The Morgan fingerprint density at radius 2 is 1.94 bits per heavy atom. The normalized spacial score (nSPS) is 10.1. The molecule has 0 saturated heterocycles. The van der Waals surface area contributed by atoms with Gasteiger partial charge in [-0.3, -0.25) is 0 Å². The molecule has 2 aromatic carbocycles. The first-order valence-corrected chi connectivity index (χ1v) is 5.10. The van der Waals surface area contributed by atoms with E-state index in [1.807, 2.05) is 12.1 Å². The van der Waals surface area contributed by atoms with Crippen molar-refractivity contribution in [3.05, 3.63) is 53.3 Å². The minimum Gasteiger partial charge on any atom is -0.399 e. The van der Waals surface area contributed by atoms with Crippen LogP contribution in [0.1, 0.15) is 0 Å². The Kier molecular flexibility index (Phi) is 2.97. The van der Waals surface area contributed by atoms with Crippen LogP contribution in [0.3, 0.4) is 0 Å². The first-order valence-electron chi connectivity index (χ1n) is 4.73. The molecule has 0 aliphatic heterocycles. The monoisotopic (exact) mass is 236 g/mol. The summed E-state index contributed by atoms with van der Waals surface area (Å²) in [5, 5.41) is 3.46. The molecule has 0 radical (unpaired) electrons. The molecule has 0 fully saturated rings. The van der Waals surface area contributed by atoms with Crippen molar-refractivity contribution in [2.45, 2.75) is 0 Å². The van der Waals surface area contributed by atoms with Crippen LogP contribution in [-0.2, 0) is 0 Å². The fourth-order valence-electron chi connectivity index (χ4n) is 1.37. The largest absolute Gasteiger partial charge is 0.399 e. The van der Waals surface area contributed by atoms with E-state index in [1.54, 1.807) is 12.1 Å². The Morgan fingerprint density at radius 1 is 1.12 bits per heavy atom. The maximum absolute atomic E-state index is 13.0. The number of benzene rings is 2. The molecular weight excluding hydrogens is 227 g/mol. The zero-order valence-corrected chi connectivity index (χ0v) is 9.13. The summed E-state index contributed by atoms with van der Waals surface area (Å²) in [7, 11) is 0. The van der Waals surface area contributed by atoms with Gasteiger partial charge in [0.05, 0.1) is 10.7 Å². The van der Waals surface area contributed by atoms with Gasteiger partial charge in [-0.2, -0.15) is 0 Å². The van der Waals surface area contributed by atoms with Gasteiger partial charge in [-0.05, 0) is 36.4 Å². The summed E-state index contributed by atoms with van der Waals surface area (Å²) in [5.74, 6) is -0.337. The van der Waals surface area contributed by atoms with Crippen LogP contribution in [0.25, 0.3) is 0 Å². The quantitative estimate of drug-likeness (QED) is 0.779. The summed E-state index contributed by atoms with van der Waals surface area (Å²) in [6, 6.07) is 11.3. The number of halogens is 2. The number of nitrogens with one attached hydrogen (secondary N) is 1. The van der Waals surface area contributed by atoms with Crippen molar-refractivity contribution in [3.63, 3.8) is 0 Å². The summed E-state index contributed by atoms with van der Waals surface area (Å²) in [6.07, 6.45) is 0. The van der Waals surface area contributed by atoms with Crippen LogP contribution in [0.5, 0.6) is 0 Å². The van der Waals surface area contributed by atoms with Gasteiger partial charge in [0.1, 0.15) is 5.82 Å². The Labute approximate surface area is 97.8 Å². The number of nitrogens with two attached hydrogens (primary N) is 1. The lowest BCUT2D eigenvalue weighted by atomic mass is 10.2. The van der Waals surface area contributed by atoms with E-state index in [9.17, 15) is 4.39 Å². The predicted octanol–water partition coefficient (Wildman–Crippen LogP) is 3.80. The Balaban J connectivity index is 2.30. The molecule has 0 saturated carbocycles. The van der Waals surface area contributed by atoms with Gasteiger partial charge in [-0.1, -0.05) is 17.7 Å². The van der Waals surface area contributed by atoms with Crippen molar-refractivity contribution in [2.75, 3.05) is 11.1 Å². The molecule has 2 rings (SSSR count). The highest BCUT2D eigenvalue weighted by molar-refractivity contribution is 6.33. The van der Waals surface area contributed by atoms with Crippen molar-refractivity contribution in [1.29, 1.82) is 0 Å². The van der Waals surface area contributed by atoms with E-state index in [4.69, 9.17) is 17.3 Å². The highest BCUT2D eigenvalue weighted by Crippen LogP contribution is 2.26. The van der Waals surface area contributed by atoms with Crippen LogP contribution in [0.2, 0.25) is 5.02 Å². The molecule has 82 valence electrons. The molecular formula is C12H10ClFN2. The Hall–Kier alpha value is -1.74. The average Bonchev–Trinajstić information content (AvgIpc) is 2.24. The molecule has 4 heteroatoms. The van der Waals surface area contributed by atoms with Crippen molar-refractivity contribution in [3.8, 4) is 0 Å². The second-order valence-corrected chi connectivity index (χ2v) is 3.78. The molecule has 0 heterocycles. The van der Waals surface area contributed by atoms with Gasteiger partial charge in [0, 0.05) is 11.4 Å². The number of nitrogen functional groups attached to an aromatic ring is 1. The zero-order valence-electron chi connectivity index (χ0n) is 8.37. The molecule has 0 amide bonds. The first kappa shape index (κ1) is 10.8. The van der Waals surface area contributed by atoms with E-state index in [0.717, 1.165) is 5.69 Å². The van der Waals surface area contributed by atoms with Crippen LogP contribution in [-0.4, -0.2) is 0 Å². The van der Waals surface area contributed by atoms with Crippen molar-refractivity contribution in [2.24, 2.45) is 0 Å². The topological polar surface area (TPSA) is 38.0 Å². The third kappa shape index (κ3) is 2.44. The summed E-state index contributed by atoms with van der Waals surface area (Å²) >= 11 is 5.93. The van der Waals surface area contributed by atoms with E-state index < -0.39 is 0 Å². The first-order chi connectivity index (χ1) is 7.65. The fourth-order valence-corrected chi connectivity index (χ4v) is 1.53. The number of rotatable bonds is 2. The molecule has 0 aliphatic carbocycles. The van der Waals surface area contributed by atoms with Crippen molar-refractivity contribution >= 4 is 28.7 Å². The summed E-state index contributed by atoms with van der Waals surface area (Å²) in [6.45, 7) is 0. The number of hydrogen-bond donors (Lipinski definition) is 2. The highest BCUT2D eigenvalue weighted by Gasteiger charge is 2.02. The summed E-state index contributed by atoms with van der Waals surface area (Å²) < 4.78 is 13.0. The second kappa shape index (κ2) is 4.41. The molecule has 2 nitrogen and oxygen atoms in total. The van der Waals surface area contributed by atoms with Gasteiger partial charge in [-0.25, -0.2) is 4.39 Å². The Bertz CT molecular complexity index is 514. The Morgan fingerprint density at radius 3 is 2.69 bits per heavy atom. The van der Waals surface area contributed by atoms with Crippen LogP contribution >= 0.6 is 11.6 Å². The molecule has 16 heavy (non-hydrogen) atoms. The lowest BCUT2D eigenvalue weighted by Gasteiger charge is -2.08. The third-order valence-electron chi connectivity index (χ3n) is 2.09. The van der Waals surface area contributed by atoms with Gasteiger partial charge in [0.25, 0.3) is 0 Å². The summed E-state index contributed by atoms with van der Waals surface area (Å²) in [5.41, 5.74) is 7.56. The van der Waals surface area contributed by atoms with Gasteiger partial charge in [-0.15, -0.1) is 0 Å². The molecule has 0 atom stereocenters. The highest BCUT2D eigenvalue weighted by atomic mass is 35.5. The average molecular weight is 237 g/mol. The molecule has 0 spiro atoms. The summed E-state index contributed by atoms with van der Waals surface area (Å²) in [4.78, 5) is 0. The lowest BCUT2D eigenvalue weighted by Crippen LogP contribution is -1.93. The van der Waals surface area contributed by atoms with E-state index >= 15 is 0 Å². The minimum atomic E-state index is -0.337. The predicted molar refractivity (Wildman–Crippen MR) is 65.5 cm³/mol. The SMILES string of the molecule is Nc1cccc(Nc2cc(F)ccc2Cl)c1. The van der Waals surface area contributed by atoms with Crippen molar-refractivity contribution < 1.29 is 4.39 Å². The van der Waals surface area contributed by atoms with Crippen LogP contribution in [0.15, 0.2) is 42.5 Å². The standard InChI is InChI=1S/C12H10ClFN2/c13-11-5-4-8(14)6-12(11)16-10-3-1-2-9(15)7-10/h1-7,16H,15H2. The van der Waals surface area contributed by atoms with E-state index in [2.05, 4.69) is 5.32 Å². The molecule has 2 aromatic rings. The fraction of sp³-hybridized carbons (Fsp3) is 0. The zero-order chi connectivity index (χ0) is 11.5.